The molecule has 0 spiro atoms. The van der Waals surface area contributed by atoms with E-state index < -0.39 is 17.6 Å². The molecule has 1 unspecified atom stereocenters. The molecule has 17 heavy (non-hydrogen) atoms. The van der Waals surface area contributed by atoms with Gasteiger partial charge in [-0.15, -0.1) is 0 Å². The molecule has 1 rings (SSSR count). The number of carbonyl (C=O) groups excluding carboxylic acids is 1. The molecular weight excluding hydrogens is 220 g/mol. The Kier molecular flexibility index (Phi) is 3.52. The molecule has 0 aromatic heterocycles. The van der Waals surface area contributed by atoms with Crippen LogP contribution in [-0.4, -0.2) is 40.0 Å². The molecule has 2 atom stereocenters. The van der Waals surface area contributed by atoms with E-state index >= 15 is 0 Å². The fraction of sp³-hybridized carbons (Fsp3) is 0.833. The lowest BCUT2D eigenvalue weighted by molar-refractivity contribution is -0.156. The van der Waals surface area contributed by atoms with Crippen LogP contribution in [0, 0.1) is 5.41 Å². The van der Waals surface area contributed by atoms with E-state index in [2.05, 4.69) is 0 Å². The van der Waals surface area contributed by atoms with Crippen LogP contribution in [0.15, 0.2) is 0 Å². The van der Waals surface area contributed by atoms with E-state index in [1.807, 2.05) is 20.8 Å². The number of likely N-dealkylation sites (tertiary alicyclic amines) is 1. The number of nitrogens with zero attached hydrogens (tertiary/aromatic N) is 1. The minimum absolute atomic E-state index is 0.264. The first kappa shape index (κ1) is 14.0. The average molecular weight is 242 g/mol. The smallest absolute Gasteiger partial charge is 0.329 e. The van der Waals surface area contributed by atoms with E-state index in [-0.39, 0.29) is 11.3 Å². The molecule has 5 nitrogen and oxygen atoms in total. The van der Waals surface area contributed by atoms with Crippen molar-refractivity contribution in [1.82, 2.24) is 4.90 Å². The molecule has 1 aliphatic rings. The van der Waals surface area contributed by atoms with Crippen molar-refractivity contribution < 1.29 is 14.7 Å². The Balaban J connectivity index is 2.93. The summed E-state index contributed by atoms with van der Waals surface area (Å²) in [6, 6.07) is -0.667. The molecule has 0 aliphatic carbocycles. The molecule has 0 radical (unpaired) electrons. The van der Waals surface area contributed by atoms with E-state index in [9.17, 15) is 14.7 Å². The number of nitrogens with two attached hydrogens (primary N) is 1. The Morgan fingerprint density at radius 1 is 1.41 bits per heavy atom. The Labute approximate surface area is 102 Å². The van der Waals surface area contributed by atoms with Crippen molar-refractivity contribution in [2.24, 2.45) is 11.1 Å². The number of carboxylic acid groups (broad SMARTS) is 1. The van der Waals surface area contributed by atoms with Crippen molar-refractivity contribution >= 4 is 11.9 Å². The van der Waals surface area contributed by atoms with Gasteiger partial charge in [-0.3, -0.25) is 4.79 Å². The van der Waals surface area contributed by atoms with E-state index in [1.54, 1.807) is 6.92 Å². The summed E-state index contributed by atoms with van der Waals surface area (Å²) < 4.78 is 0. The molecule has 0 aromatic rings. The number of rotatable bonds is 2. The third-order valence-corrected chi connectivity index (χ3v) is 3.57. The minimum Gasteiger partial charge on any atom is -0.480 e. The fourth-order valence-corrected chi connectivity index (χ4v) is 2.08. The van der Waals surface area contributed by atoms with Crippen molar-refractivity contribution in [2.45, 2.75) is 52.1 Å². The Bertz CT molecular complexity index is 335. The van der Waals surface area contributed by atoms with Crippen LogP contribution in [0.5, 0.6) is 0 Å². The molecule has 0 aromatic carbocycles. The second kappa shape index (κ2) is 4.29. The van der Waals surface area contributed by atoms with Crippen LogP contribution in [0.2, 0.25) is 0 Å². The predicted octanol–water partition coefficient (Wildman–Crippen LogP) is 0.825. The molecular formula is C12H22N2O3. The summed E-state index contributed by atoms with van der Waals surface area (Å²) in [5, 5.41) is 9.24. The highest BCUT2D eigenvalue weighted by Gasteiger charge is 2.48. The molecule has 0 bridgehead atoms. The lowest BCUT2D eigenvalue weighted by atomic mass is 9.85. The van der Waals surface area contributed by atoms with Crippen LogP contribution in [0.4, 0.5) is 0 Å². The van der Waals surface area contributed by atoms with Crippen molar-refractivity contribution in [3.05, 3.63) is 0 Å². The summed E-state index contributed by atoms with van der Waals surface area (Å²) in [4.78, 5) is 24.9. The quantitative estimate of drug-likeness (QED) is 0.751. The largest absolute Gasteiger partial charge is 0.480 e. The highest BCUT2D eigenvalue weighted by Crippen LogP contribution is 2.31. The number of aliphatic carboxylic acids is 1. The van der Waals surface area contributed by atoms with Crippen molar-refractivity contribution in [3.8, 4) is 0 Å². The number of hydrogen-bond donors (Lipinski definition) is 2. The molecule has 98 valence electrons. The van der Waals surface area contributed by atoms with Gasteiger partial charge in [0, 0.05) is 6.54 Å². The monoisotopic (exact) mass is 242 g/mol. The molecule has 5 heteroatoms. The van der Waals surface area contributed by atoms with Crippen LogP contribution >= 0.6 is 0 Å². The van der Waals surface area contributed by atoms with Gasteiger partial charge in [0.25, 0.3) is 0 Å². The van der Waals surface area contributed by atoms with Crippen LogP contribution < -0.4 is 5.73 Å². The zero-order valence-corrected chi connectivity index (χ0v) is 11.0. The fourth-order valence-electron chi connectivity index (χ4n) is 2.08. The van der Waals surface area contributed by atoms with Gasteiger partial charge in [-0.1, -0.05) is 20.8 Å². The van der Waals surface area contributed by atoms with Crippen LogP contribution in [-0.2, 0) is 9.59 Å². The molecule has 1 saturated heterocycles. The Hall–Kier alpha value is -1.10. The van der Waals surface area contributed by atoms with Gasteiger partial charge in [0.2, 0.25) is 5.91 Å². The van der Waals surface area contributed by atoms with E-state index in [4.69, 9.17) is 5.73 Å². The van der Waals surface area contributed by atoms with Crippen LogP contribution in [0.3, 0.4) is 0 Å². The first-order chi connectivity index (χ1) is 7.60. The number of amides is 1. The lowest BCUT2D eigenvalue weighted by Crippen LogP contribution is -2.58. The van der Waals surface area contributed by atoms with Crippen molar-refractivity contribution in [3.63, 3.8) is 0 Å². The van der Waals surface area contributed by atoms with Crippen LogP contribution in [0.25, 0.3) is 0 Å². The third kappa shape index (κ3) is 2.44. The zero-order chi connectivity index (χ0) is 13.4. The molecule has 1 fully saturated rings. The molecule has 1 amide bonds. The number of hydrogen-bond acceptors (Lipinski definition) is 3. The zero-order valence-electron chi connectivity index (χ0n) is 11.0. The summed E-state index contributed by atoms with van der Waals surface area (Å²) in [6.45, 7) is 7.71. The Morgan fingerprint density at radius 2 is 1.94 bits per heavy atom. The summed E-state index contributed by atoms with van der Waals surface area (Å²) >= 11 is 0. The predicted molar refractivity (Wildman–Crippen MR) is 64.4 cm³/mol. The molecule has 3 N–H and O–H groups in total. The topological polar surface area (TPSA) is 83.6 Å². The number of carbonyl (C=O) groups is 2. The summed E-state index contributed by atoms with van der Waals surface area (Å²) in [5.74, 6) is -1.22. The number of carboxylic acids is 1. The van der Waals surface area contributed by atoms with E-state index in [0.29, 0.717) is 19.4 Å². The summed E-state index contributed by atoms with van der Waals surface area (Å²) in [7, 11) is 0. The highest BCUT2D eigenvalue weighted by molar-refractivity contribution is 5.90. The van der Waals surface area contributed by atoms with E-state index in [0.717, 1.165) is 0 Å². The third-order valence-electron chi connectivity index (χ3n) is 3.57. The minimum atomic E-state index is -1.10. The Morgan fingerprint density at radius 3 is 2.35 bits per heavy atom. The first-order valence-corrected chi connectivity index (χ1v) is 5.91. The highest BCUT2D eigenvalue weighted by atomic mass is 16.4. The average Bonchev–Trinajstić information content (AvgIpc) is 2.58. The van der Waals surface area contributed by atoms with E-state index in [1.165, 1.54) is 4.90 Å². The SMILES string of the molecule is CC(C)(C)[C@@H](N)C(=O)N1CCCC1(C)C(=O)O. The lowest BCUT2D eigenvalue weighted by Gasteiger charge is -2.36. The van der Waals surface area contributed by atoms with Crippen LogP contribution in [0.1, 0.15) is 40.5 Å². The second-order valence-corrected chi connectivity index (χ2v) is 6.02. The van der Waals surface area contributed by atoms with Gasteiger partial charge in [0.15, 0.2) is 0 Å². The van der Waals surface area contributed by atoms with Gasteiger partial charge in [-0.25, -0.2) is 4.79 Å². The maximum absolute atomic E-state index is 12.2. The summed E-state index contributed by atoms with van der Waals surface area (Å²) in [5.41, 5.74) is 4.45. The summed E-state index contributed by atoms with van der Waals surface area (Å²) in [6.07, 6.45) is 1.20. The van der Waals surface area contributed by atoms with Gasteiger partial charge in [-0.2, -0.15) is 0 Å². The van der Waals surface area contributed by atoms with Gasteiger partial charge < -0.3 is 15.7 Å². The molecule has 0 saturated carbocycles. The first-order valence-electron chi connectivity index (χ1n) is 5.91. The molecule has 1 heterocycles. The normalized spacial score (nSPS) is 27.0. The van der Waals surface area contributed by atoms with Gasteiger partial charge in [-0.05, 0) is 25.2 Å². The second-order valence-electron chi connectivity index (χ2n) is 6.02. The van der Waals surface area contributed by atoms with Gasteiger partial charge in [0.1, 0.15) is 5.54 Å². The van der Waals surface area contributed by atoms with Gasteiger partial charge >= 0.3 is 5.97 Å². The van der Waals surface area contributed by atoms with Crippen molar-refractivity contribution in [2.75, 3.05) is 6.54 Å². The maximum Gasteiger partial charge on any atom is 0.329 e. The maximum atomic E-state index is 12.2. The van der Waals surface area contributed by atoms with Crippen molar-refractivity contribution in [1.29, 1.82) is 0 Å². The standard InChI is InChI=1S/C12H22N2O3/c1-11(2,3)8(13)9(15)14-7-5-6-12(14,4)10(16)17/h8H,5-7,13H2,1-4H3,(H,16,17)/t8-,12?/m0/s1. The molecule has 1 aliphatic heterocycles. The van der Waals surface area contributed by atoms with Gasteiger partial charge in [0.05, 0.1) is 6.04 Å².